The molecule has 0 amide bonds. The summed E-state index contributed by atoms with van der Waals surface area (Å²) in [7, 11) is -1.99. The summed E-state index contributed by atoms with van der Waals surface area (Å²) in [6.45, 7) is 10.9. The standard InChI is InChI=1S/C17H30F3NOSSi/c1-16(2,3)24(5,6)22-11-14(12-23-4)21-15(17(18,19)20)10-9-13-7-8-13/h13-15,21H,7-8,11-12H2,1-6H3/t14-,15?/m1/s1. The highest BCUT2D eigenvalue weighted by Gasteiger charge is 2.41. The van der Waals surface area contributed by atoms with Crippen LogP contribution in [0.2, 0.25) is 18.1 Å². The highest BCUT2D eigenvalue weighted by atomic mass is 32.2. The van der Waals surface area contributed by atoms with Crippen molar-refractivity contribution >= 4 is 20.1 Å². The summed E-state index contributed by atoms with van der Waals surface area (Å²) in [5.74, 6) is 5.85. The van der Waals surface area contributed by atoms with Crippen molar-refractivity contribution in [1.29, 1.82) is 0 Å². The predicted octanol–water partition coefficient (Wildman–Crippen LogP) is 4.67. The molecule has 1 N–H and O–H groups in total. The Balaban J connectivity index is 2.73. The fourth-order valence-electron chi connectivity index (χ4n) is 1.75. The lowest BCUT2D eigenvalue weighted by Crippen LogP contribution is -2.51. The maximum atomic E-state index is 13.3. The third kappa shape index (κ3) is 7.38. The molecule has 0 aliphatic heterocycles. The first-order valence-corrected chi connectivity index (χ1v) is 12.6. The van der Waals surface area contributed by atoms with Gasteiger partial charge in [-0.1, -0.05) is 32.6 Å². The van der Waals surface area contributed by atoms with Gasteiger partial charge in [-0.2, -0.15) is 24.9 Å². The number of thioether (sulfide) groups is 1. The highest BCUT2D eigenvalue weighted by molar-refractivity contribution is 7.98. The van der Waals surface area contributed by atoms with Crippen molar-refractivity contribution in [3.63, 3.8) is 0 Å². The number of hydrogen-bond donors (Lipinski definition) is 1. The Labute approximate surface area is 149 Å². The molecule has 0 radical (unpaired) electrons. The van der Waals surface area contributed by atoms with E-state index < -0.39 is 20.5 Å². The minimum absolute atomic E-state index is 0.0338. The van der Waals surface area contributed by atoms with Crippen LogP contribution in [0, 0.1) is 17.8 Å². The second-order valence-corrected chi connectivity index (χ2v) is 13.6. The monoisotopic (exact) mass is 381 g/mol. The lowest BCUT2D eigenvalue weighted by Gasteiger charge is -2.37. The zero-order chi connectivity index (χ0) is 18.6. The van der Waals surface area contributed by atoms with E-state index in [1.807, 2.05) is 6.26 Å². The van der Waals surface area contributed by atoms with E-state index >= 15 is 0 Å². The molecular formula is C17H30F3NOSSi. The second kappa shape index (κ2) is 8.48. The molecule has 0 bridgehead atoms. The van der Waals surface area contributed by atoms with Crippen LogP contribution in [0.3, 0.4) is 0 Å². The zero-order valence-corrected chi connectivity index (χ0v) is 17.3. The first-order chi connectivity index (χ1) is 10.9. The van der Waals surface area contributed by atoms with Gasteiger partial charge >= 0.3 is 6.18 Å². The third-order valence-corrected chi connectivity index (χ3v) is 9.79. The quantitative estimate of drug-likeness (QED) is 0.511. The number of rotatable bonds is 7. The van der Waals surface area contributed by atoms with Crippen LogP contribution in [0.1, 0.15) is 33.6 Å². The van der Waals surface area contributed by atoms with Crippen molar-refractivity contribution in [3.05, 3.63) is 0 Å². The summed E-state index contributed by atoms with van der Waals surface area (Å²) >= 11 is 1.51. The summed E-state index contributed by atoms with van der Waals surface area (Å²) in [5, 5.41) is 2.71. The highest BCUT2D eigenvalue weighted by Crippen LogP contribution is 2.36. The Morgan fingerprint density at radius 3 is 2.25 bits per heavy atom. The molecule has 0 aromatic carbocycles. The Morgan fingerprint density at radius 2 is 1.83 bits per heavy atom. The topological polar surface area (TPSA) is 21.3 Å². The lowest BCUT2D eigenvalue weighted by molar-refractivity contribution is -0.144. The maximum Gasteiger partial charge on any atom is 0.415 e. The van der Waals surface area contributed by atoms with Gasteiger partial charge in [-0.15, -0.1) is 0 Å². The molecule has 0 aromatic heterocycles. The van der Waals surface area contributed by atoms with Crippen molar-refractivity contribution in [2.45, 2.75) is 70.0 Å². The van der Waals surface area contributed by atoms with E-state index in [0.29, 0.717) is 5.75 Å². The molecular weight excluding hydrogens is 351 g/mol. The van der Waals surface area contributed by atoms with E-state index in [1.165, 1.54) is 11.8 Å². The van der Waals surface area contributed by atoms with E-state index in [2.05, 4.69) is 51.0 Å². The molecule has 1 fully saturated rings. The average Bonchev–Trinajstić information content (AvgIpc) is 3.22. The van der Waals surface area contributed by atoms with E-state index in [4.69, 9.17) is 4.43 Å². The normalized spacial score (nSPS) is 18.7. The molecule has 2 atom stereocenters. The predicted molar refractivity (Wildman–Crippen MR) is 98.8 cm³/mol. The van der Waals surface area contributed by atoms with Crippen LogP contribution in [0.5, 0.6) is 0 Å². The van der Waals surface area contributed by atoms with Gasteiger partial charge in [-0.05, 0) is 37.2 Å². The first-order valence-electron chi connectivity index (χ1n) is 8.33. The minimum Gasteiger partial charge on any atom is -0.415 e. The Kier molecular flexibility index (Phi) is 7.73. The SMILES string of the molecule is CSC[C@@H](CO[Si](C)(C)C(C)(C)C)NC(C#CC1CC1)C(F)(F)F. The van der Waals surface area contributed by atoms with Crippen LogP contribution < -0.4 is 5.32 Å². The third-order valence-electron chi connectivity index (χ3n) is 4.56. The van der Waals surface area contributed by atoms with Crippen LogP contribution in [-0.2, 0) is 4.43 Å². The van der Waals surface area contributed by atoms with E-state index in [0.717, 1.165) is 12.8 Å². The molecule has 0 spiro atoms. The van der Waals surface area contributed by atoms with Gasteiger partial charge in [0.15, 0.2) is 14.4 Å². The second-order valence-electron chi connectivity index (χ2n) is 7.93. The van der Waals surface area contributed by atoms with Gasteiger partial charge in [-0.3, -0.25) is 5.32 Å². The molecule has 1 aliphatic carbocycles. The lowest BCUT2D eigenvalue weighted by atomic mass is 10.2. The van der Waals surface area contributed by atoms with Gasteiger partial charge in [0.2, 0.25) is 0 Å². The molecule has 0 saturated heterocycles. The van der Waals surface area contributed by atoms with E-state index in [-0.39, 0.29) is 23.6 Å². The van der Waals surface area contributed by atoms with Crippen molar-refractivity contribution in [3.8, 4) is 11.8 Å². The van der Waals surface area contributed by atoms with Crippen LogP contribution >= 0.6 is 11.8 Å². The van der Waals surface area contributed by atoms with Gasteiger partial charge in [0, 0.05) is 17.7 Å². The number of hydrogen-bond acceptors (Lipinski definition) is 3. The fraction of sp³-hybridized carbons (Fsp3) is 0.882. The van der Waals surface area contributed by atoms with Crippen molar-refractivity contribution in [2.24, 2.45) is 5.92 Å². The molecule has 24 heavy (non-hydrogen) atoms. The van der Waals surface area contributed by atoms with E-state index in [9.17, 15) is 13.2 Å². The van der Waals surface area contributed by atoms with Gasteiger partial charge < -0.3 is 4.43 Å². The van der Waals surface area contributed by atoms with Gasteiger partial charge in [0.1, 0.15) is 0 Å². The smallest absolute Gasteiger partial charge is 0.415 e. The molecule has 1 unspecified atom stereocenters. The molecule has 140 valence electrons. The summed E-state index contributed by atoms with van der Waals surface area (Å²) in [6.07, 6.45) is -0.643. The van der Waals surface area contributed by atoms with Gasteiger partial charge in [0.05, 0.1) is 6.61 Å². The Hall–Kier alpha value is -0.163. The van der Waals surface area contributed by atoms with Crippen LogP contribution in [0.15, 0.2) is 0 Å². The van der Waals surface area contributed by atoms with Crippen molar-refractivity contribution < 1.29 is 17.6 Å². The van der Waals surface area contributed by atoms with Crippen LogP contribution in [-0.4, -0.2) is 45.2 Å². The summed E-state index contributed by atoms with van der Waals surface area (Å²) in [5.41, 5.74) is 0. The summed E-state index contributed by atoms with van der Waals surface area (Å²) in [6, 6.07) is -2.15. The fourth-order valence-corrected chi connectivity index (χ4v) is 3.40. The summed E-state index contributed by atoms with van der Waals surface area (Å²) in [4.78, 5) is 0. The zero-order valence-electron chi connectivity index (χ0n) is 15.5. The Morgan fingerprint density at radius 1 is 1.25 bits per heavy atom. The molecule has 0 heterocycles. The average molecular weight is 382 g/mol. The molecule has 2 nitrogen and oxygen atoms in total. The molecule has 1 rings (SSSR count). The Bertz CT molecular complexity index is 461. The van der Waals surface area contributed by atoms with Crippen LogP contribution in [0.25, 0.3) is 0 Å². The van der Waals surface area contributed by atoms with Crippen LogP contribution in [0.4, 0.5) is 13.2 Å². The largest absolute Gasteiger partial charge is 0.415 e. The van der Waals surface area contributed by atoms with Crippen molar-refractivity contribution in [1.82, 2.24) is 5.32 Å². The number of halogens is 3. The molecule has 7 heteroatoms. The first kappa shape index (κ1) is 21.9. The molecule has 1 saturated carbocycles. The summed E-state index contributed by atoms with van der Waals surface area (Å²) < 4.78 is 45.9. The molecule has 1 aliphatic rings. The number of nitrogens with one attached hydrogen (secondary N) is 1. The number of alkyl halides is 3. The van der Waals surface area contributed by atoms with Gasteiger partial charge in [-0.25, -0.2) is 0 Å². The maximum absolute atomic E-state index is 13.3. The van der Waals surface area contributed by atoms with E-state index in [1.54, 1.807) is 0 Å². The van der Waals surface area contributed by atoms with Crippen molar-refractivity contribution in [2.75, 3.05) is 18.6 Å². The van der Waals surface area contributed by atoms with Gasteiger partial charge in [0.25, 0.3) is 0 Å². The minimum atomic E-state index is -4.37. The molecule has 0 aromatic rings.